The van der Waals surface area contributed by atoms with Crippen LogP contribution in [0.1, 0.15) is 12.8 Å². The molecule has 3 heterocycles. The van der Waals surface area contributed by atoms with Crippen LogP contribution in [0.4, 0.5) is 5.69 Å². The summed E-state index contributed by atoms with van der Waals surface area (Å²) in [5, 5.41) is 3.89. The lowest BCUT2D eigenvalue weighted by Gasteiger charge is -2.16. The highest BCUT2D eigenvalue weighted by Gasteiger charge is 2.55. The monoisotopic (exact) mass is 373 g/mol. The lowest BCUT2D eigenvalue weighted by atomic mass is 9.99. The largest absolute Gasteiger partial charge is 0.497 e. The number of fused-ring (bicyclic) bond motifs is 1. The highest BCUT2D eigenvalue weighted by Crippen LogP contribution is 2.32. The minimum absolute atomic E-state index is 0.0817. The van der Waals surface area contributed by atoms with Crippen LogP contribution in [-0.4, -0.2) is 56.0 Å². The molecular formula is C18H19N3O6. The molecule has 9 heteroatoms. The Morgan fingerprint density at radius 1 is 1.37 bits per heavy atom. The van der Waals surface area contributed by atoms with Gasteiger partial charge in [0.05, 0.1) is 18.9 Å². The number of hydrogen-bond donors (Lipinski definition) is 1. The summed E-state index contributed by atoms with van der Waals surface area (Å²) in [7, 11) is 1.50. The minimum Gasteiger partial charge on any atom is -0.497 e. The molecule has 0 aliphatic carbocycles. The molecule has 1 aromatic carbocycles. The zero-order chi connectivity index (χ0) is 19.0. The predicted octanol–water partition coefficient (Wildman–Crippen LogP) is 0.235. The average molecular weight is 373 g/mol. The van der Waals surface area contributed by atoms with Crippen LogP contribution in [0.5, 0.6) is 5.75 Å². The zero-order valence-corrected chi connectivity index (χ0v) is 14.7. The standard InChI is InChI=1S/C18H19N3O6/c1-25-11-5-2-4-10(8-11)21-16(22)13-14(17(21)23)19-20-15(13)18(24)27-9-12-6-3-7-26-12/h2,4-5,8,12-14,19H,3,6-7,9H2,1H3. The summed E-state index contributed by atoms with van der Waals surface area (Å²) in [5.74, 6) is -2.18. The summed E-state index contributed by atoms with van der Waals surface area (Å²) in [6, 6.07) is 5.70. The second-order valence-corrected chi connectivity index (χ2v) is 6.53. The van der Waals surface area contributed by atoms with Gasteiger partial charge in [-0.25, -0.2) is 9.69 Å². The number of methoxy groups -OCH3 is 1. The van der Waals surface area contributed by atoms with Gasteiger partial charge in [-0.3, -0.25) is 15.0 Å². The molecule has 142 valence electrons. The van der Waals surface area contributed by atoms with Gasteiger partial charge in [0.15, 0.2) is 5.71 Å². The third-order valence-corrected chi connectivity index (χ3v) is 4.87. The number of carbonyl (C=O) groups is 3. The van der Waals surface area contributed by atoms with Gasteiger partial charge < -0.3 is 14.2 Å². The number of carbonyl (C=O) groups excluding carboxylic acids is 3. The van der Waals surface area contributed by atoms with Crippen molar-refractivity contribution in [1.82, 2.24) is 5.43 Å². The smallest absolute Gasteiger partial charge is 0.355 e. The van der Waals surface area contributed by atoms with E-state index in [1.165, 1.54) is 7.11 Å². The van der Waals surface area contributed by atoms with Crippen LogP contribution in [0.15, 0.2) is 29.4 Å². The Kier molecular flexibility index (Phi) is 4.53. The molecule has 9 nitrogen and oxygen atoms in total. The molecule has 0 saturated carbocycles. The molecule has 3 unspecified atom stereocenters. The van der Waals surface area contributed by atoms with Crippen molar-refractivity contribution in [2.45, 2.75) is 25.0 Å². The lowest BCUT2D eigenvalue weighted by Crippen LogP contribution is -2.36. The normalized spacial score (nSPS) is 26.6. The third kappa shape index (κ3) is 3.03. The fourth-order valence-electron chi connectivity index (χ4n) is 3.48. The Morgan fingerprint density at radius 3 is 2.96 bits per heavy atom. The van der Waals surface area contributed by atoms with Crippen molar-refractivity contribution in [3.8, 4) is 5.75 Å². The first-order valence-electron chi connectivity index (χ1n) is 8.74. The van der Waals surface area contributed by atoms with Crippen LogP contribution in [-0.2, 0) is 23.9 Å². The molecule has 2 saturated heterocycles. The van der Waals surface area contributed by atoms with Crippen LogP contribution in [0, 0.1) is 5.92 Å². The number of benzene rings is 1. The van der Waals surface area contributed by atoms with E-state index in [4.69, 9.17) is 14.2 Å². The number of nitrogens with one attached hydrogen (secondary N) is 1. The van der Waals surface area contributed by atoms with Crippen molar-refractivity contribution in [3.05, 3.63) is 24.3 Å². The summed E-state index contributed by atoms with van der Waals surface area (Å²) >= 11 is 0. The number of hydrazone groups is 1. The van der Waals surface area contributed by atoms with Gasteiger partial charge in [0.2, 0.25) is 5.91 Å². The summed E-state index contributed by atoms with van der Waals surface area (Å²) in [6.45, 7) is 0.759. The molecule has 27 heavy (non-hydrogen) atoms. The quantitative estimate of drug-likeness (QED) is 0.582. The first kappa shape index (κ1) is 17.5. The van der Waals surface area contributed by atoms with E-state index in [0.29, 0.717) is 18.0 Å². The molecule has 0 radical (unpaired) electrons. The fraction of sp³-hybridized carbons (Fsp3) is 0.444. The first-order chi connectivity index (χ1) is 13.1. The van der Waals surface area contributed by atoms with E-state index >= 15 is 0 Å². The number of esters is 1. The molecule has 1 N–H and O–H groups in total. The Balaban J connectivity index is 1.50. The third-order valence-electron chi connectivity index (χ3n) is 4.87. The first-order valence-corrected chi connectivity index (χ1v) is 8.74. The van der Waals surface area contributed by atoms with E-state index in [2.05, 4.69) is 10.5 Å². The van der Waals surface area contributed by atoms with Gasteiger partial charge in [-0.15, -0.1) is 0 Å². The van der Waals surface area contributed by atoms with E-state index in [9.17, 15) is 14.4 Å². The number of rotatable bonds is 5. The van der Waals surface area contributed by atoms with Crippen LogP contribution < -0.4 is 15.1 Å². The molecule has 3 atom stereocenters. The van der Waals surface area contributed by atoms with E-state index < -0.39 is 29.7 Å². The maximum atomic E-state index is 12.9. The highest BCUT2D eigenvalue weighted by molar-refractivity contribution is 6.46. The number of anilines is 1. The fourth-order valence-corrected chi connectivity index (χ4v) is 3.48. The summed E-state index contributed by atoms with van der Waals surface area (Å²) in [5.41, 5.74) is 2.90. The molecule has 3 aliphatic rings. The van der Waals surface area contributed by atoms with E-state index in [1.54, 1.807) is 24.3 Å². The number of ether oxygens (including phenoxy) is 3. The molecule has 2 fully saturated rings. The van der Waals surface area contributed by atoms with Crippen molar-refractivity contribution in [2.75, 3.05) is 25.2 Å². The molecule has 0 spiro atoms. The van der Waals surface area contributed by atoms with Crippen molar-refractivity contribution in [1.29, 1.82) is 0 Å². The summed E-state index contributed by atoms with van der Waals surface area (Å²) in [6.07, 6.45) is 1.62. The molecule has 1 aromatic rings. The van der Waals surface area contributed by atoms with Gasteiger partial charge in [0.25, 0.3) is 5.91 Å². The van der Waals surface area contributed by atoms with Crippen molar-refractivity contribution < 1.29 is 28.6 Å². The second kappa shape index (κ2) is 6.99. The highest BCUT2D eigenvalue weighted by atomic mass is 16.6. The van der Waals surface area contributed by atoms with Crippen LogP contribution in [0.3, 0.4) is 0 Å². The van der Waals surface area contributed by atoms with Crippen molar-refractivity contribution >= 4 is 29.2 Å². The summed E-state index contributed by atoms with van der Waals surface area (Å²) in [4.78, 5) is 39.0. The van der Waals surface area contributed by atoms with Gasteiger partial charge in [-0.1, -0.05) is 6.07 Å². The van der Waals surface area contributed by atoms with Crippen LogP contribution >= 0.6 is 0 Å². The van der Waals surface area contributed by atoms with Crippen LogP contribution in [0.2, 0.25) is 0 Å². The maximum absolute atomic E-state index is 12.9. The number of hydrogen-bond acceptors (Lipinski definition) is 8. The molecule has 3 aliphatic heterocycles. The van der Waals surface area contributed by atoms with E-state index in [1.807, 2.05) is 0 Å². The molecule has 2 amide bonds. The van der Waals surface area contributed by atoms with Gasteiger partial charge in [0, 0.05) is 12.7 Å². The predicted molar refractivity (Wildman–Crippen MR) is 93.3 cm³/mol. The number of nitrogens with zero attached hydrogens (tertiary/aromatic N) is 2. The van der Waals surface area contributed by atoms with Gasteiger partial charge in [-0.2, -0.15) is 5.10 Å². The Hall–Kier alpha value is -2.94. The Morgan fingerprint density at radius 2 is 2.22 bits per heavy atom. The van der Waals surface area contributed by atoms with Gasteiger partial charge >= 0.3 is 5.97 Å². The minimum atomic E-state index is -0.999. The number of imide groups is 1. The topological polar surface area (TPSA) is 107 Å². The van der Waals surface area contributed by atoms with E-state index in [0.717, 1.165) is 17.7 Å². The Bertz CT molecular complexity index is 817. The molecule has 0 bridgehead atoms. The van der Waals surface area contributed by atoms with E-state index in [-0.39, 0.29) is 18.4 Å². The van der Waals surface area contributed by atoms with Gasteiger partial charge in [-0.05, 0) is 25.0 Å². The molecular weight excluding hydrogens is 354 g/mol. The SMILES string of the molecule is COc1cccc(N2C(=O)C3NN=C(C(=O)OCC4CCCO4)C3C2=O)c1. The van der Waals surface area contributed by atoms with Gasteiger partial charge in [0.1, 0.15) is 24.3 Å². The average Bonchev–Trinajstić information content (AvgIpc) is 3.39. The van der Waals surface area contributed by atoms with Crippen molar-refractivity contribution in [3.63, 3.8) is 0 Å². The number of amides is 2. The second-order valence-electron chi connectivity index (χ2n) is 6.53. The zero-order valence-electron chi connectivity index (χ0n) is 14.7. The summed E-state index contributed by atoms with van der Waals surface area (Å²) < 4.78 is 15.8. The molecule has 4 rings (SSSR count). The molecule has 0 aromatic heterocycles. The van der Waals surface area contributed by atoms with Crippen LogP contribution in [0.25, 0.3) is 0 Å². The maximum Gasteiger partial charge on any atom is 0.355 e. The Labute approximate surface area is 155 Å². The lowest BCUT2D eigenvalue weighted by molar-refractivity contribution is -0.139. The van der Waals surface area contributed by atoms with Crippen molar-refractivity contribution in [2.24, 2.45) is 11.0 Å².